The molecule has 3 aromatic carbocycles. The second kappa shape index (κ2) is 13.6. The number of likely N-dealkylation sites (tertiary alicyclic amines) is 1. The molecule has 8 nitrogen and oxygen atoms in total. The van der Waals surface area contributed by atoms with E-state index >= 15 is 0 Å². The predicted octanol–water partition coefficient (Wildman–Crippen LogP) is 5.79. The fourth-order valence-corrected chi connectivity index (χ4v) is 4.95. The molecule has 1 saturated heterocycles. The van der Waals surface area contributed by atoms with Gasteiger partial charge in [0.15, 0.2) is 6.61 Å². The van der Waals surface area contributed by atoms with Crippen LogP contribution >= 0.6 is 0 Å². The molecule has 1 aliphatic rings. The minimum atomic E-state index is -1.19. The first-order valence-electron chi connectivity index (χ1n) is 13.7. The third-order valence-corrected chi connectivity index (χ3v) is 6.94. The molecule has 1 fully saturated rings. The topological polar surface area (TPSA) is 94.2 Å². The standard InChI is InChI=1S/C32H36N2O6/c1-4-38-28-16-9-8-15-27(28)33-31(36)30(24-13-6-5-7-14-24)40-32(37)25-17-19-26(20-18-25)39-21-29(35)34-22(2)11-10-12-23(34)3/h5-9,13-20,22-23,30H,4,10-12,21H2,1-3H3,(H,33,36). The van der Waals surface area contributed by atoms with E-state index in [0.29, 0.717) is 29.4 Å². The summed E-state index contributed by atoms with van der Waals surface area (Å²) in [6.45, 7) is 6.35. The molecule has 2 amide bonds. The van der Waals surface area contributed by atoms with E-state index < -0.39 is 18.0 Å². The van der Waals surface area contributed by atoms with Crippen LogP contribution in [0.1, 0.15) is 62.1 Å². The van der Waals surface area contributed by atoms with Crippen LogP contribution in [0.5, 0.6) is 11.5 Å². The Bertz CT molecular complexity index is 1280. The Morgan fingerprint density at radius 1 is 0.875 bits per heavy atom. The number of carbonyl (C=O) groups excluding carboxylic acids is 3. The largest absolute Gasteiger partial charge is 0.492 e. The van der Waals surface area contributed by atoms with E-state index in [2.05, 4.69) is 19.2 Å². The van der Waals surface area contributed by atoms with Crippen molar-refractivity contribution < 1.29 is 28.6 Å². The highest BCUT2D eigenvalue weighted by atomic mass is 16.5. The molecule has 1 heterocycles. The summed E-state index contributed by atoms with van der Waals surface area (Å²) in [6, 6.07) is 22.6. The van der Waals surface area contributed by atoms with Crippen LogP contribution in [0.15, 0.2) is 78.9 Å². The Labute approximate surface area is 235 Å². The van der Waals surface area contributed by atoms with E-state index in [9.17, 15) is 14.4 Å². The number of ether oxygens (including phenoxy) is 3. The summed E-state index contributed by atoms with van der Waals surface area (Å²) in [5, 5.41) is 2.82. The maximum Gasteiger partial charge on any atom is 0.339 e. The van der Waals surface area contributed by atoms with Crippen molar-refractivity contribution >= 4 is 23.5 Å². The maximum absolute atomic E-state index is 13.3. The first kappa shape index (κ1) is 28.7. The predicted molar refractivity (Wildman–Crippen MR) is 152 cm³/mol. The first-order valence-corrected chi connectivity index (χ1v) is 13.7. The first-order chi connectivity index (χ1) is 19.4. The molecule has 1 aliphatic heterocycles. The number of carbonyl (C=O) groups is 3. The van der Waals surface area contributed by atoms with Crippen molar-refractivity contribution in [3.63, 3.8) is 0 Å². The molecule has 0 bridgehead atoms. The van der Waals surface area contributed by atoms with Crippen LogP contribution in [0.2, 0.25) is 0 Å². The highest BCUT2D eigenvalue weighted by Gasteiger charge is 2.29. The van der Waals surface area contributed by atoms with Crippen molar-refractivity contribution in [2.45, 2.75) is 58.2 Å². The summed E-state index contributed by atoms with van der Waals surface area (Å²) in [4.78, 5) is 41.1. The molecule has 0 aromatic heterocycles. The Morgan fingerprint density at radius 2 is 1.52 bits per heavy atom. The summed E-state index contributed by atoms with van der Waals surface area (Å²) >= 11 is 0. The second-order valence-electron chi connectivity index (χ2n) is 9.86. The van der Waals surface area contributed by atoms with Crippen molar-refractivity contribution in [3.05, 3.63) is 90.0 Å². The lowest BCUT2D eigenvalue weighted by molar-refractivity contribution is -0.139. The molecular weight excluding hydrogens is 508 g/mol. The molecule has 3 unspecified atom stereocenters. The van der Waals surface area contributed by atoms with Crippen LogP contribution in [0.3, 0.4) is 0 Å². The van der Waals surface area contributed by atoms with Gasteiger partial charge in [-0.15, -0.1) is 0 Å². The molecule has 3 aromatic rings. The lowest BCUT2D eigenvalue weighted by atomic mass is 9.97. The number of amides is 2. The molecule has 1 N–H and O–H groups in total. The number of piperidine rings is 1. The number of benzene rings is 3. The quantitative estimate of drug-likeness (QED) is 0.325. The summed E-state index contributed by atoms with van der Waals surface area (Å²) in [7, 11) is 0. The number of nitrogens with zero attached hydrogens (tertiary/aromatic N) is 1. The van der Waals surface area contributed by atoms with Gasteiger partial charge >= 0.3 is 5.97 Å². The zero-order valence-electron chi connectivity index (χ0n) is 23.2. The number of rotatable bonds is 10. The van der Waals surface area contributed by atoms with Crippen LogP contribution in [0.25, 0.3) is 0 Å². The third-order valence-electron chi connectivity index (χ3n) is 6.94. The van der Waals surface area contributed by atoms with Crippen LogP contribution in [0.4, 0.5) is 5.69 Å². The highest BCUT2D eigenvalue weighted by molar-refractivity contribution is 5.99. The molecule has 8 heteroatoms. The van der Waals surface area contributed by atoms with Gasteiger partial charge in [-0.25, -0.2) is 4.79 Å². The third kappa shape index (κ3) is 7.20. The van der Waals surface area contributed by atoms with Crippen molar-refractivity contribution in [2.24, 2.45) is 0 Å². The van der Waals surface area contributed by atoms with E-state index in [1.807, 2.05) is 24.0 Å². The number of esters is 1. The number of hydrogen-bond acceptors (Lipinski definition) is 6. The minimum Gasteiger partial charge on any atom is -0.492 e. The van der Waals surface area contributed by atoms with E-state index in [4.69, 9.17) is 14.2 Å². The Hall–Kier alpha value is -4.33. The second-order valence-corrected chi connectivity index (χ2v) is 9.86. The van der Waals surface area contributed by atoms with Gasteiger partial charge in [-0.05, 0) is 76.4 Å². The maximum atomic E-state index is 13.3. The lowest BCUT2D eigenvalue weighted by Gasteiger charge is -2.38. The van der Waals surface area contributed by atoms with Gasteiger partial charge in [0.2, 0.25) is 6.10 Å². The number of nitrogens with one attached hydrogen (secondary N) is 1. The van der Waals surface area contributed by atoms with Crippen LogP contribution in [-0.2, 0) is 14.3 Å². The smallest absolute Gasteiger partial charge is 0.339 e. The van der Waals surface area contributed by atoms with Gasteiger partial charge in [-0.3, -0.25) is 9.59 Å². The van der Waals surface area contributed by atoms with E-state index in [1.54, 1.807) is 66.7 Å². The Balaban J connectivity index is 1.42. The van der Waals surface area contributed by atoms with Crippen LogP contribution < -0.4 is 14.8 Å². The van der Waals surface area contributed by atoms with Crippen molar-refractivity contribution in [1.82, 2.24) is 4.90 Å². The van der Waals surface area contributed by atoms with Gasteiger partial charge < -0.3 is 24.4 Å². The van der Waals surface area contributed by atoms with Gasteiger partial charge in [0.05, 0.1) is 17.9 Å². The summed E-state index contributed by atoms with van der Waals surface area (Å²) < 4.78 is 17.0. The summed E-state index contributed by atoms with van der Waals surface area (Å²) in [5.74, 6) is -0.236. The minimum absolute atomic E-state index is 0.0502. The van der Waals surface area contributed by atoms with E-state index in [-0.39, 0.29) is 30.2 Å². The summed E-state index contributed by atoms with van der Waals surface area (Å²) in [6.07, 6.45) is 1.92. The van der Waals surface area contributed by atoms with Gasteiger partial charge in [0.1, 0.15) is 11.5 Å². The fourth-order valence-electron chi connectivity index (χ4n) is 4.95. The molecule has 4 rings (SSSR count). The zero-order chi connectivity index (χ0) is 28.5. The Kier molecular flexibility index (Phi) is 9.78. The van der Waals surface area contributed by atoms with Gasteiger partial charge in [0.25, 0.3) is 11.8 Å². The van der Waals surface area contributed by atoms with Crippen LogP contribution in [-0.4, -0.2) is 48.0 Å². The van der Waals surface area contributed by atoms with E-state index in [0.717, 1.165) is 19.3 Å². The molecule has 40 heavy (non-hydrogen) atoms. The normalized spacial score (nSPS) is 17.4. The monoisotopic (exact) mass is 544 g/mol. The van der Waals surface area contributed by atoms with E-state index in [1.165, 1.54) is 0 Å². The molecule has 0 saturated carbocycles. The number of anilines is 1. The number of para-hydroxylation sites is 2. The average molecular weight is 545 g/mol. The van der Waals surface area contributed by atoms with Crippen LogP contribution in [0, 0.1) is 0 Å². The fraction of sp³-hybridized carbons (Fsp3) is 0.344. The molecule has 0 aliphatic carbocycles. The highest BCUT2D eigenvalue weighted by Crippen LogP contribution is 2.28. The van der Waals surface area contributed by atoms with Crippen molar-refractivity contribution in [1.29, 1.82) is 0 Å². The molecule has 0 spiro atoms. The zero-order valence-corrected chi connectivity index (χ0v) is 23.2. The van der Waals surface area contributed by atoms with Gasteiger partial charge in [-0.1, -0.05) is 42.5 Å². The average Bonchev–Trinajstić information content (AvgIpc) is 2.96. The molecule has 0 radical (unpaired) electrons. The number of hydrogen-bond donors (Lipinski definition) is 1. The summed E-state index contributed by atoms with van der Waals surface area (Å²) in [5.41, 5.74) is 1.26. The molecule has 3 atom stereocenters. The van der Waals surface area contributed by atoms with Gasteiger partial charge in [-0.2, -0.15) is 0 Å². The van der Waals surface area contributed by atoms with Crippen molar-refractivity contribution in [3.8, 4) is 11.5 Å². The Morgan fingerprint density at radius 3 is 2.20 bits per heavy atom. The van der Waals surface area contributed by atoms with Gasteiger partial charge in [0, 0.05) is 17.6 Å². The van der Waals surface area contributed by atoms with Crippen molar-refractivity contribution in [2.75, 3.05) is 18.5 Å². The molecule has 210 valence electrons. The molecular formula is C32H36N2O6. The lowest BCUT2D eigenvalue weighted by Crippen LogP contribution is -2.49. The SMILES string of the molecule is CCOc1ccccc1NC(=O)C(OC(=O)c1ccc(OCC(=O)N2C(C)CCCC2C)cc1)c1ccccc1.